The Bertz CT molecular complexity index is 594. The molecule has 1 aromatic heterocycles. The summed E-state index contributed by atoms with van der Waals surface area (Å²) in [7, 11) is 0. The number of para-hydroxylation sites is 1. The van der Waals surface area contributed by atoms with Gasteiger partial charge in [0.15, 0.2) is 0 Å². The van der Waals surface area contributed by atoms with Gasteiger partial charge in [-0.3, -0.25) is 9.88 Å². The molecule has 1 fully saturated rings. The molecule has 5 heteroatoms. The largest absolute Gasteiger partial charge is 0.489 e. The summed E-state index contributed by atoms with van der Waals surface area (Å²) in [6.07, 6.45) is 3.63. The van der Waals surface area contributed by atoms with E-state index in [0.717, 1.165) is 37.5 Å². The third-order valence-electron chi connectivity index (χ3n) is 3.94. The number of hydrogen-bond donors (Lipinski definition) is 1. The number of rotatable bonds is 5. The molecule has 1 N–H and O–H groups in total. The number of ether oxygens (including phenoxy) is 1. The minimum absolute atomic E-state index is 0. The molecular weight excluding hydrogens is 310 g/mol. The molecule has 4 nitrogen and oxygen atoms in total. The van der Waals surface area contributed by atoms with Crippen molar-refractivity contribution in [2.24, 2.45) is 0 Å². The summed E-state index contributed by atoms with van der Waals surface area (Å²) in [4.78, 5) is 6.61. The molecular formula is C18H24ClN3O. The number of piperazine rings is 1. The molecule has 3 rings (SSSR count). The first-order valence-corrected chi connectivity index (χ1v) is 7.86. The Hall–Kier alpha value is -1.62. The second kappa shape index (κ2) is 8.87. The highest BCUT2D eigenvalue weighted by atomic mass is 35.5. The molecule has 2 heterocycles. The van der Waals surface area contributed by atoms with Gasteiger partial charge in [0.05, 0.1) is 0 Å². The number of aromatic nitrogens is 1. The zero-order valence-corrected chi connectivity index (χ0v) is 14.3. The highest BCUT2D eigenvalue weighted by molar-refractivity contribution is 5.85. The summed E-state index contributed by atoms with van der Waals surface area (Å²) < 4.78 is 6.01. The summed E-state index contributed by atoms with van der Waals surface area (Å²) in [6, 6.07) is 12.8. The lowest BCUT2D eigenvalue weighted by Gasteiger charge is -2.32. The molecule has 1 aliphatic heterocycles. The first-order chi connectivity index (χ1) is 10.8. The molecule has 23 heavy (non-hydrogen) atoms. The Morgan fingerprint density at radius 3 is 2.91 bits per heavy atom. The molecule has 124 valence electrons. The van der Waals surface area contributed by atoms with Gasteiger partial charge < -0.3 is 10.1 Å². The fraction of sp³-hybridized carbons (Fsp3) is 0.389. The van der Waals surface area contributed by atoms with E-state index >= 15 is 0 Å². The third-order valence-corrected chi connectivity index (χ3v) is 3.94. The fourth-order valence-corrected chi connectivity index (χ4v) is 2.82. The second-order valence-electron chi connectivity index (χ2n) is 5.85. The highest BCUT2D eigenvalue weighted by Gasteiger charge is 2.17. The van der Waals surface area contributed by atoms with Crippen LogP contribution in [0.2, 0.25) is 0 Å². The molecule has 0 spiro atoms. The number of hydrogen-bond acceptors (Lipinski definition) is 4. The number of nitrogens with one attached hydrogen (secondary N) is 1. The van der Waals surface area contributed by atoms with Crippen LogP contribution in [-0.2, 0) is 13.2 Å². The molecule has 2 aromatic rings. The van der Waals surface area contributed by atoms with Crippen molar-refractivity contribution in [3.63, 3.8) is 0 Å². The van der Waals surface area contributed by atoms with E-state index in [2.05, 4.69) is 40.3 Å². The SMILES string of the molecule is C[C@H]1CN(Cc2ccccc2OCc2cccnc2)CCN1.Cl. The molecule has 1 aliphatic rings. The van der Waals surface area contributed by atoms with Crippen molar-refractivity contribution in [2.45, 2.75) is 26.1 Å². The number of pyridine rings is 1. The lowest BCUT2D eigenvalue weighted by Crippen LogP contribution is -2.48. The standard InChI is InChI=1S/C18H23N3O.ClH/c1-15-12-21(10-9-20-15)13-17-6-2-3-7-18(17)22-14-16-5-4-8-19-11-16;/h2-8,11,15,20H,9-10,12-14H2,1H3;1H/t15-;/m0./s1. The van der Waals surface area contributed by atoms with Crippen LogP contribution in [0.4, 0.5) is 0 Å². The van der Waals surface area contributed by atoms with Gasteiger partial charge in [0.25, 0.3) is 0 Å². The Morgan fingerprint density at radius 1 is 1.26 bits per heavy atom. The third kappa shape index (κ3) is 5.20. The van der Waals surface area contributed by atoms with Crippen molar-refractivity contribution >= 4 is 12.4 Å². The van der Waals surface area contributed by atoms with Gasteiger partial charge in [0.2, 0.25) is 0 Å². The maximum absolute atomic E-state index is 6.01. The Labute approximate surface area is 144 Å². The monoisotopic (exact) mass is 333 g/mol. The van der Waals surface area contributed by atoms with E-state index in [4.69, 9.17) is 4.74 Å². The van der Waals surface area contributed by atoms with Gasteiger partial charge in [-0.25, -0.2) is 0 Å². The number of nitrogens with zero attached hydrogens (tertiary/aromatic N) is 2. The molecule has 0 amide bonds. The highest BCUT2D eigenvalue weighted by Crippen LogP contribution is 2.21. The van der Waals surface area contributed by atoms with Gasteiger partial charge in [-0.1, -0.05) is 24.3 Å². The fourth-order valence-electron chi connectivity index (χ4n) is 2.82. The quantitative estimate of drug-likeness (QED) is 0.913. The van der Waals surface area contributed by atoms with Crippen molar-refractivity contribution in [1.82, 2.24) is 15.2 Å². The van der Waals surface area contributed by atoms with E-state index in [-0.39, 0.29) is 12.4 Å². The van der Waals surface area contributed by atoms with Crippen molar-refractivity contribution in [1.29, 1.82) is 0 Å². The van der Waals surface area contributed by atoms with Crippen LogP contribution in [0, 0.1) is 0 Å². The Morgan fingerprint density at radius 2 is 2.13 bits per heavy atom. The van der Waals surface area contributed by atoms with Crippen LogP contribution < -0.4 is 10.1 Å². The number of benzene rings is 1. The maximum Gasteiger partial charge on any atom is 0.124 e. The predicted molar refractivity (Wildman–Crippen MR) is 95.0 cm³/mol. The van der Waals surface area contributed by atoms with Crippen molar-refractivity contribution in [3.05, 3.63) is 59.9 Å². The van der Waals surface area contributed by atoms with Gasteiger partial charge in [0, 0.05) is 55.7 Å². The summed E-state index contributed by atoms with van der Waals surface area (Å²) >= 11 is 0. The second-order valence-corrected chi connectivity index (χ2v) is 5.85. The van der Waals surface area contributed by atoms with E-state index in [9.17, 15) is 0 Å². The van der Waals surface area contributed by atoms with E-state index < -0.39 is 0 Å². The summed E-state index contributed by atoms with van der Waals surface area (Å²) in [5.74, 6) is 0.970. The first-order valence-electron chi connectivity index (χ1n) is 7.86. The van der Waals surface area contributed by atoms with Crippen molar-refractivity contribution in [2.75, 3.05) is 19.6 Å². The number of halogens is 1. The minimum Gasteiger partial charge on any atom is -0.489 e. The topological polar surface area (TPSA) is 37.4 Å². The van der Waals surface area contributed by atoms with E-state index in [1.54, 1.807) is 6.20 Å². The predicted octanol–water partition coefficient (Wildman–Crippen LogP) is 2.88. The van der Waals surface area contributed by atoms with Crippen LogP contribution in [0.1, 0.15) is 18.1 Å². The van der Waals surface area contributed by atoms with Gasteiger partial charge in [0.1, 0.15) is 12.4 Å². The molecule has 1 atom stereocenters. The van der Waals surface area contributed by atoms with Crippen LogP contribution in [0.15, 0.2) is 48.8 Å². The molecule has 1 aromatic carbocycles. The summed E-state index contributed by atoms with van der Waals surface area (Å²) in [6.45, 7) is 6.95. The average Bonchev–Trinajstić information content (AvgIpc) is 2.55. The average molecular weight is 334 g/mol. The first kappa shape index (κ1) is 17.7. The minimum atomic E-state index is 0. The molecule has 0 bridgehead atoms. The van der Waals surface area contributed by atoms with Gasteiger partial charge in [-0.15, -0.1) is 12.4 Å². The zero-order chi connectivity index (χ0) is 15.2. The molecule has 0 radical (unpaired) electrons. The maximum atomic E-state index is 6.01. The molecule has 0 saturated carbocycles. The lowest BCUT2D eigenvalue weighted by molar-refractivity contribution is 0.195. The summed E-state index contributed by atoms with van der Waals surface area (Å²) in [5.41, 5.74) is 2.34. The van der Waals surface area contributed by atoms with Crippen LogP contribution >= 0.6 is 12.4 Å². The van der Waals surface area contributed by atoms with Gasteiger partial charge in [-0.05, 0) is 19.1 Å². The zero-order valence-electron chi connectivity index (χ0n) is 13.4. The van der Waals surface area contributed by atoms with Crippen LogP contribution in [0.5, 0.6) is 5.75 Å². The van der Waals surface area contributed by atoms with E-state index in [0.29, 0.717) is 12.6 Å². The normalized spacial score (nSPS) is 18.2. The molecule has 0 unspecified atom stereocenters. The Kier molecular flexibility index (Phi) is 6.84. The van der Waals surface area contributed by atoms with Crippen LogP contribution in [-0.4, -0.2) is 35.6 Å². The molecule has 0 aliphatic carbocycles. The van der Waals surface area contributed by atoms with Crippen molar-refractivity contribution < 1.29 is 4.74 Å². The van der Waals surface area contributed by atoms with E-state index in [1.807, 2.05) is 24.4 Å². The summed E-state index contributed by atoms with van der Waals surface area (Å²) in [5, 5.41) is 3.48. The van der Waals surface area contributed by atoms with Gasteiger partial charge >= 0.3 is 0 Å². The van der Waals surface area contributed by atoms with Crippen molar-refractivity contribution in [3.8, 4) is 5.75 Å². The van der Waals surface area contributed by atoms with Crippen LogP contribution in [0.3, 0.4) is 0 Å². The smallest absolute Gasteiger partial charge is 0.124 e. The Balaban J connectivity index is 0.00000192. The van der Waals surface area contributed by atoms with Crippen LogP contribution in [0.25, 0.3) is 0 Å². The lowest BCUT2D eigenvalue weighted by atomic mass is 10.1. The molecule has 1 saturated heterocycles. The van der Waals surface area contributed by atoms with E-state index in [1.165, 1.54) is 5.56 Å². The van der Waals surface area contributed by atoms with Gasteiger partial charge in [-0.2, -0.15) is 0 Å².